The van der Waals surface area contributed by atoms with E-state index in [1.54, 1.807) is 6.92 Å². The summed E-state index contributed by atoms with van der Waals surface area (Å²) in [5.74, 6) is 0.0949. The summed E-state index contributed by atoms with van der Waals surface area (Å²) in [6, 6.07) is 0. The third-order valence-corrected chi connectivity index (χ3v) is 2.92. The molecule has 0 aliphatic carbocycles. The molecule has 3 N–H and O–H groups in total. The highest BCUT2D eigenvalue weighted by Gasteiger charge is 2.11. The highest BCUT2D eigenvalue weighted by atomic mass is 16.3. The van der Waals surface area contributed by atoms with E-state index in [2.05, 4.69) is 15.5 Å². The van der Waals surface area contributed by atoms with Crippen molar-refractivity contribution in [1.29, 1.82) is 0 Å². The lowest BCUT2D eigenvalue weighted by Crippen LogP contribution is -2.39. The number of amides is 1. The molecule has 1 aliphatic heterocycles. The molecule has 100 valence electrons. The average Bonchev–Trinajstić information content (AvgIpc) is 2.53. The fourth-order valence-corrected chi connectivity index (χ4v) is 1.94. The van der Waals surface area contributed by atoms with E-state index < -0.39 is 0 Å². The van der Waals surface area contributed by atoms with Crippen molar-refractivity contribution in [3.05, 3.63) is 0 Å². The maximum absolute atomic E-state index is 11.6. The molecular weight excluding hydrogens is 218 g/mol. The normalized spacial score (nSPS) is 19.6. The predicted octanol–water partition coefficient (Wildman–Crippen LogP) is -0.441. The van der Waals surface area contributed by atoms with Gasteiger partial charge in [-0.25, -0.2) is 0 Å². The lowest BCUT2D eigenvalue weighted by atomic mass is 10.2. The minimum atomic E-state index is -0.274. The summed E-state index contributed by atoms with van der Waals surface area (Å²) in [7, 11) is 0. The smallest absolute Gasteiger partial charge is 0.234 e. The second-order valence-electron chi connectivity index (χ2n) is 4.72. The van der Waals surface area contributed by atoms with Crippen LogP contribution in [0.2, 0.25) is 0 Å². The van der Waals surface area contributed by atoms with Crippen LogP contribution >= 0.6 is 0 Å². The van der Waals surface area contributed by atoms with Crippen LogP contribution in [0.1, 0.15) is 26.2 Å². The van der Waals surface area contributed by atoms with Gasteiger partial charge in [0, 0.05) is 19.6 Å². The van der Waals surface area contributed by atoms with Crippen LogP contribution < -0.4 is 10.6 Å². The number of rotatable bonds is 6. The monoisotopic (exact) mass is 243 g/mol. The lowest BCUT2D eigenvalue weighted by Gasteiger charge is -2.18. The molecule has 1 rings (SSSR count). The fraction of sp³-hybridized carbons (Fsp3) is 0.917. The summed E-state index contributed by atoms with van der Waals surface area (Å²) in [5, 5.41) is 15.3. The fourth-order valence-electron chi connectivity index (χ4n) is 1.94. The molecule has 0 aromatic heterocycles. The Labute approximate surface area is 104 Å². The van der Waals surface area contributed by atoms with E-state index in [0.717, 1.165) is 45.4 Å². The molecule has 1 amide bonds. The molecule has 1 saturated heterocycles. The van der Waals surface area contributed by atoms with Gasteiger partial charge >= 0.3 is 0 Å². The Morgan fingerprint density at radius 3 is 3.06 bits per heavy atom. The molecule has 0 aromatic carbocycles. The summed E-state index contributed by atoms with van der Waals surface area (Å²) in [4.78, 5) is 13.8. The first-order valence-electron chi connectivity index (χ1n) is 6.56. The van der Waals surface area contributed by atoms with Crippen molar-refractivity contribution in [2.75, 3.05) is 39.3 Å². The minimum absolute atomic E-state index is 0.0949. The third-order valence-electron chi connectivity index (χ3n) is 2.92. The number of hydrogen-bond acceptors (Lipinski definition) is 4. The molecule has 1 unspecified atom stereocenters. The molecule has 5 nitrogen and oxygen atoms in total. The molecule has 17 heavy (non-hydrogen) atoms. The van der Waals surface area contributed by atoms with E-state index in [1.165, 1.54) is 0 Å². The van der Waals surface area contributed by atoms with Crippen LogP contribution in [0.15, 0.2) is 0 Å². The number of carbonyl (C=O) groups excluding carboxylic acids is 1. The standard InChI is InChI=1S/C12H25N3O2/c1-11(16)4-2-6-14-12(17)10-15-8-3-5-13-7-9-15/h11,13,16H,2-10H2,1H3,(H,14,17). The Bertz CT molecular complexity index is 214. The maximum atomic E-state index is 11.6. The van der Waals surface area contributed by atoms with Crippen LogP contribution in [0.25, 0.3) is 0 Å². The zero-order valence-electron chi connectivity index (χ0n) is 10.7. The number of hydrogen-bond donors (Lipinski definition) is 3. The van der Waals surface area contributed by atoms with E-state index in [1.807, 2.05) is 0 Å². The zero-order valence-corrected chi connectivity index (χ0v) is 10.7. The highest BCUT2D eigenvalue weighted by Crippen LogP contribution is 1.96. The zero-order chi connectivity index (χ0) is 12.5. The van der Waals surface area contributed by atoms with Gasteiger partial charge in [0.05, 0.1) is 12.6 Å². The first kappa shape index (κ1) is 14.4. The number of aliphatic hydroxyl groups is 1. The predicted molar refractivity (Wildman–Crippen MR) is 67.9 cm³/mol. The van der Waals surface area contributed by atoms with Crippen LogP contribution in [-0.2, 0) is 4.79 Å². The quantitative estimate of drug-likeness (QED) is 0.553. The van der Waals surface area contributed by atoms with Crippen molar-refractivity contribution < 1.29 is 9.90 Å². The average molecular weight is 243 g/mol. The summed E-state index contributed by atoms with van der Waals surface area (Å²) in [5.41, 5.74) is 0. The maximum Gasteiger partial charge on any atom is 0.234 e. The van der Waals surface area contributed by atoms with Crippen LogP contribution in [0, 0.1) is 0 Å². The van der Waals surface area contributed by atoms with Gasteiger partial charge in [0.2, 0.25) is 5.91 Å². The van der Waals surface area contributed by atoms with Gasteiger partial charge in [0.1, 0.15) is 0 Å². The summed E-state index contributed by atoms with van der Waals surface area (Å²) >= 11 is 0. The van der Waals surface area contributed by atoms with Crippen molar-refractivity contribution in [1.82, 2.24) is 15.5 Å². The van der Waals surface area contributed by atoms with E-state index in [9.17, 15) is 4.79 Å². The lowest BCUT2D eigenvalue weighted by molar-refractivity contribution is -0.122. The van der Waals surface area contributed by atoms with Gasteiger partial charge < -0.3 is 15.7 Å². The largest absolute Gasteiger partial charge is 0.393 e. The van der Waals surface area contributed by atoms with Crippen molar-refractivity contribution in [3.8, 4) is 0 Å². The van der Waals surface area contributed by atoms with E-state index >= 15 is 0 Å². The van der Waals surface area contributed by atoms with Crippen LogP contribution in [-0.4, -0.2) is 61.3 Å². The van der Waals surface area contributed by atoms with Gasteiger partial charge in [-0.2, -0.15) is 0 Å². The molecular formula is C12H25N3O2. The summed E-state index contributed by atoms with van der Waals surface area (Å²) in [6.45, 7) is 6.88. The molecule has 1 atom stereocenters. The Kier molecular flexibility index (Phi) is 7.16. The molecule has 1 heterocycles. The van der Waals surface area contributed by atoms with Crippen molar-refractivity contribution in [2.45, 2.75) is 32.3 Å². The van der Waals surface area contributed by atoms with Crippen molar-refractivity contribution in [2.24, 2.45) is 0 Å². The van der Waals surface area contributed by atoms with E-state index in [0.29, 0.717) is 13.1 Å². The van der Waals surface area contributed by atoms with Crippen molar-refractivity contribution >= 4 is 5.91 Å². The molecule has 1 aliphatic rings. The van der Waals surface area contributed by atoms with Gasteiger partial charge in [-0.3, -0.25) is 9.69 Å². The number of aliphatic hydroxyl groups excluding tert-OH is 1. The summed E-state index contributed by atoms with van der Waals surface area (Å²) in [6.07, 6.45) is 2.41. The Morgan fingerprint density at radius 2 is 2.29 bits per heavy atom. The number of nitrogens with zero attached hydrogens (tertiary/aromatic N) is 1. The number of nitrogens with one attached hydrogen (secondary N) is 2. The first-order chi connectivity index (χ1) is 8.18. The molecule has 1 fully saturated rings. The van der Waals surface area contributed by atoms with Gasteiger partial charge in [-0.1, -0.05) is 0 Å². The van der Waals surface area contributed by atoms with E-state index in [4.69, 9.17) is 5.11 Å². The minimum Gasteiger partial charge on any atom is -0.393 e. The van der Waals surface area contributed by atoms with Crippen LogP contribution in [0.4, 0.5) is 0 Å². The van der Waals surface area contributed by atoms with Gasteiger partial charge in [0.15, 0.2) is 0 Å². The van der Waals surface area contributed by atoms with Crippen LogP contribution in [0.5, 0.6) is 0 Å². The molecule has 5 heteroatoms. The highest BCUT2D eigenvalue weighted by molar-refractivity contribution is 5.77. The second-order valence-corrected chi connectivity index (χ2v) is 4.72. The van der Waals surface area contributed by atoms with Crippen molar-refractivity contribution in [3.63, 3.8) is 0 Å². The molecule has 0 bridgehead atoms. The molecule has 0 radical (unpaired) electrons. The van der Waals surface area contributed by atoms with Crippen LogP contribution in [0.3, 0.4) is 0 Å². The number of carbonyl (C=O) groups is 1. The van der Waals surface area contributed by atoms with Gasteiger partial charge in [0.25, 0.3) is 0 Å². The summed E-state index contributed by atoms with van der Waals surface area (Å²) < 4.78 is 0. The molecule has 0 aromatic rings. The Morgan fingerprint density at radius 1 is 1.47 bits per heavy atom. The molecule has 0 spiro atoms. The molecule has 0 saturated carbocycles. The first-order valence-corrected chi connectivity index (χ1v) is 6.56. The van der Waals surface area contributed by atoms with Gasteiger partial charge in [-0.05, 0) is 39.3 Å². The SMILES string of the molecule is CC(O)CCCNC(=O)CN1CCCNCC1. The van der Waals surface area contributed by atoms with E-state index in [-0.39, 0.29) is 12.0 Å². The van der Waals surface area contributed by atoms with Gasteiger partial charge in [-0.15, -0.1) is 0 Å². The second kappa shape index (κ2) is 8.44. The topological polar surface area (TPSA) is 64.6 Å². The Balaban J connectivity index is 2.07. The third kappa shape index (κ3) is 7.31. The Hall–Kier alpha value is -0.650.